The van der Waals surface area contributed by atoms with E-state index in [2.05, 4.69) is 27.7 Å². The molecule has 1 nitrogen and oxygen atoms in total. The Morgan fingerprint density at radius 3 is 1.47 bits per heavy atom. The van der Waals surface area contributed by atoms with E-state index in [1.165, 1.54) is 0 Å². The summed E-state index contributed by atoms with van der Waals surface area (Å²) in [5, 5.41) is 10.8. The van der Waals surface area contributed by atoms with Crippen molar-refractivity contribution >= 4 is 34.8 Å². The van der Waals surface area contributed by atoms with Gasteiger partial charge in [-0.15, -0.1) is 11.6 Å². The first kappa shape index (κ1) is 16.9. The van der Waals surface area contributed by atoms with Crippen LogP contribution in [0.25, 0.3) is 0 Å². The van der Waals surface area contributed by atoms with Crippen molar-refractivity contribution in [2.24, 2.45) is 11.8 Å². The normalized spacial score (nSPS) is 11.6. The second-order valence-electron chi connectivity index (χ2n) is 5.74. The van der Waals surface area contributed by atoms with Crippen LogP contribution in [0.1, 0.15) is 44.4 Å². The highest BCUT2D eigenvalue weighted by Gasteiger charge is 2.22. The Balaban J connectivity index is 3.48. The van der Waals surface area contributed by atoms with Crippen molar-refractivity contribution in [1.82, 2.24) is 0 Å². The van der Waals surface area contributed by atoms with Gasteiger partial charge in [-0.05, 0) is 41.4 Å². The molecule has 1 aromatic carbocycles. The molecule has 0 fully saturated rings. The van der Waals surface area contributed by atoms with Gasteiger partial charge < -0.3 is 5.11 Å². The molecule has 0 radical (unpaired) electrons. The highest BCUT2D eigenvalue weighted by molar-refractivity contribution is 6.38. The van der Waals surface area contributed by atoms with Crippen molar-refractivity contribution in [2.45, 2.75) is 46.4 Å². The Labute approximate surface area is 130 Å². The van der Waals surface area contributed by atoms with Crippen molar-refractivity contribution in [3.05, 3.63) is 26.7 Å². The van der Waals surface area contributed by atoms with Gasteiger partial charge in [0, 0.05) is 5.88 Å². The third kappa shape index (κ3) is 3.93. The summed E-state index contributed by atoms with van der Waals surface area (Å²) in [6.07, 6.45) is 1.58. The van der Waals surface area contributed by atoms with Crippen LogP contribution in [0, 0.1) is 11.8 Å². The summed E-state index contributed by atoms with van der Waals surface area (Å²) in [5.41, 5.74) is 2.85. The second-order valence-corrected chi connectivity index (χ2v) is 6.76. The van der Waals surface area contributed by atoms with Crippen LogP contribution in [-0.4, -0.2) is 5.11 Å². The quantitative estimate of drug-likeness (QED) is 0.675. The molecule has 0 atom stereocenters. The number of benzene rings is 1. The van der Waals surface area contributed by atoms with Crippen LogP contribution in [0.5, 0.6) is 5.75 Å². The Kier molecular flexibility index (Phi) is 6.29. The summed E-state index contributed by atoms with van der Waals surface area (Å²) in [5.74, 6) is 1.23. The minimum Gasteiger partial charge on any atom is -0.505 e. The van der Waals surface area contributed by atoms with E-state index in [0.29, 0.717) is 27.8 Å². The van der Waals surface area contributed by atoms with Gasteiger partial charge >= 0.3 is 0 Å². The predicted octanol–water partition coefficient (Wildman–Crippen LogP) is 5.83. The summed E-state index contributed by atoms with van der Waals surface area (Å²) < 4.78 is 0. The first-order valence-electron chi connectivity index (χ1n) is 6.56. The van der Waals surface area contributed by atoms with Crippen LogP contribution >= 0.6 is 34.8 Å². The topological polar surface area (TPSA) is 20.2 Å². The molecule has 0 saturated heterocycles. The number of alkyl halides is 1. The zero-order valence-corrected chi connectivity index (χ0v) is 14.1. The molecule has 0 bridgehead atoms. The molecule has 0 spiro atoms. The summed E-state index contributed by atoms with van der Waals surface area (Å²) in [6, 6.07) is 0. The molecule has 0 aromatic heterocycles. The Morgan fingerprint density at radius 2 is 1.21 bits per heavy atom. The zero-order valence-electron chi connectivity index (χ0n) is 11.9. The van der Waals surface area contributed by atoms with Crippen molar-refractivity contribution < 1.29 is 5.11 Å². The summed E-state index contributed by atoms with van der Waals surface area (Å²) in [6.45, 7) is 8.45. The van der Waals surface area contributed by atoms with E-state index >= 15 is 0 Å². The summed E-state index contributed by atoms with van der Waals surface area (Å²) in [4.78, 5) is 0. The maximum Gasteiger partial charge on any atom is 0.153 e. The predicted molar refractivity (Wildman–Crippen MR) is 84.8 cm³/mol. The molecular formula is C15H21Cl3O. The lowest BCUT2D eigenvalue weighted by atomic mass is 9.91. The van der Waals surface area contributed by atoms with Crippen molar-refractivity contribution in [1.29, 1.82) is 0 Å². The molecular weight excluding hydrogens is 303 g/mol. The average molecular weight is 324 g/mol. The van der Waals surface area contributed by atoms with E-state index in [9.17, 15) is 5.11 Å². The number of aromatic hydroxyl groups is 1. The SMILES string of the molecule is CC(C)Cc1c(Cl)c(O)c(Cl)c(CC(C)C)c1CCl. The van der Waals surface area contributed by atoms with Gasteiger partial charge in [0.05, 0.1) is 10.0 Å². The average Bonchev–Trinajstić information content (AvgIpc) is 2.32. The fourth-order valence-electron chi connectivity index (χ4n) is 2.23. The molecule has 0 unspecified atom stereocenters. The van der Waals surface area contributed by atoms with Crippen LogP contribution in [0.2, 0.25) is 10.0 Å². The van der Waals surface area contributed by atoms with Crippen LogP contribution < -0.4 is 0 Å². The van der Waals surface area contributed by atoms with Gasteiger partial charge in [0.15, 0.2) is 5.75 Å². The molecule has 0 aliphatic heterocycles. The lowest BCUT2D eigenvalue weighted by molar-refractivity contribution is 0.472. The largest absolute Gasteiger partial charge is 0.505 e. The van der Waals surface area contributed by atoms with Crippen molar-refractivity contribution in [3.63, 3.8) is 0 Å². The van der Waals surface area contributed by atoms with E-state index in [0.717, 1.165) is 29.5 Å². The number of rotatable bonds is 5. The smallest absolute Gasteiger partial charge is 0.153 e. The van der Waals surface area contributed by atoms with Gasteiger partial charge in [-0.1, -0.05) is 50.9 Å². The van der Waals surface area contributed by atoms with Crippen molar-refractivity contribution in [3.8, 4) is 5.75 Å². The molecule has 0 amide bonds. The van der Waals surface area contributed by atoms with Crippen LogP contribution in [0.15, 0.2) is 0 Å². The van der Waals surface area contributed by atoms with Gasteiger partial charge in [0.25, 0.3) is 0 Å². The molecule has 108 valence electrons. The van der Waals surface area contributed by atoms with Gasteiger partial charge in [-0.2, -0.15) is 0 Å². The van der Waals surface area contributed by atoms with Gasteiger partial charge in [-0.25, -0.2) is 0 Å². The molecule has 0 aliphatic rings. The van der Waals surface area contributed by atoms with Gasteiger partial charge in [0.2, 0.25) is 0 Å². The summed E-state index contributed by atoms with van der Waals surface area (Å²) >= 11 is 18.6. The minimum absolute atomic E-state index is 0.0106. The highest BCUT2D eigenvalue weighted by Crippen LogP contribution is 2.42. The standard InChI is InChI=1S/C15H21Cl3O/c1-8(2)5-10-12(7-16)11(6-9(3)4)14(18)15(19)13(10)17/h8-9,19H,5-7H2,1-4H3. The molecule has 1 N–H and O–H groups in total. The number of hydrogen-bond acceptors (Lipinski definition) is 1. The number of halogens is 3. The van der Waals surface area contributed by atoms with E-state index in [4.69, 9.17) is 34.8 Å². The third-order valence-electron chi connectivity index (χ3n) is 3.03. The molecule has 1 rings (SSSR count). The van der Waals surface area contributed by atoms with Crippen molar-refractivity contribution in [2.75, 3.05) is 0 Å². The van der Waals surface area contributed by atoms with E-state index in [1.807, 2.05) is 0 Å². The first-order chi connectivity index (χ1) is 8.79. The molecule has 0 aliphatic carbocycles. The lowest BCUT2D eigenvalue weighted by Gasteiger charge is -2.20. The van der Waals surface area contributed by atoms with Crippen LogP contribution in [0.4, 0.5) is 0 Å². The fraction of sp³-hybridized carbons (Fsp3) is 0.600. The fourth-order valence-corrected chi connectivity index (χ4v) is 3.18. The maximum absolute atomic E-state index is 10.1. The highest BCUT2D eigenvalue weighted by atomic mass is 35.5. The summed E-state index contributed by atoms with van der Waals surface area (Å²) in [7, 11) is 0. The Bertz CT molecular complexity index is 416. The molecule has 0 saturated carbocycles. The molecule has 0 heterocycles. The Morgan fingerprint density at radius 1 is 0.842 bits per heavy atom. The monoisotopic (exact) mass is 322 g/mol. The van der Waals surface area contributed by atoms with Crippen LogP contribution in [0.3, 0.4) is 0 Å². The van der Waals surface area contributed by atoms with Gasteiger partial charge in [-0.3, -0.25) is 0 Å². The third-order valence-corrected chi connectivity index (χ3v) is 4.11. The second kappa shape index (κ2) is 7.06. The number of phenolic OH excluding ortho intramolecular Hbond substituents is 1. The van der Waals surface area contributed by atoms with Crippen LogP contribution in [-0.2, 0) is 18.7 Å². The molecule has 4 heteroatoms. The Hall–Kier alpha value is -0.110. The van der Waals surface area contributed by atoms with E-state index in [-0.39, 0.29) is 5.75 Å². The van der Waals surface area contributed by atoms with E-state index < -0.39 is 0 Å². The molecule has 1 aromatic rings. The van der Waals surface area contributed by atoms with Gasteiger partial charge in [0.1, 0.15) is 0 Å². The van der Waals surface area contributed by atoms with E-state index in [1.54, 1.807) is 0 Å². The number of phenols is 1. The lowest BCUT2D eigenvalue weighted by Crippen LogP contribution is -2.07. The maximum atomic E-state index is 10.1. The zero-order chi connectivity index (χ0) is 14.7. The number of hydrogen-bond donors (Lipinski definition) is 1. The minimum atomic E-state index is -0.0106. The molecule has 19 heavy (non-hydrogen) atoms. The first-order valence-corrected chi connectivity index (χ1v) is 7.85.